The highest BCUT2D eigenvalue weighted by atomic mass is 19.3. The van der Waals surface area contributed by atoms with Crippen LogP contribution in [0.1, 0.15) is 20.3 Å². The molecule has 0 aliphatic carbocycles. The summed E-state index contributed by atoms with van der Waals surface area (Å²) in [7, 11) is 0. The van der Waals surface area contributed by atoms with Gasteiger partial charge in [0.05, 0.1) is 6.10 Å². The first kappa shape index (κ1) is 9.86. The molecular weight excluding hydrogens is 164 g/mol. The van der Waals surface area contributed by atoms with Crippen LogP contribution in [-0.4, -0.2) is 36.7 Å². The van der Waals surface area contributed by atoms with E-state index in [1.54, 1.807) is 0 Å². The van der Waals surface area contributed by atoms with Crippen LogP contribution in [0.15, 0.2) is 0 Å². The lowest BCUT2D eigenvalue weighted by atomic mass is 10.3. The van der Waals surface area contributed by atoms with Crippen molar-refractivity contribution in [2.75, 3.05) is 13.1 Å². The minimum absolute atomic E-state index is 0.271. The predicted octanol–water partition coefficient (Wildman–Crippen LogP) is 1.71. The van der Waals surface area contributed by atoms with Gasteiger partial charge >= 0.3 is 6.61 Å². The second-order valence-corrected chi connectivity index (χ2v) is 3.40. The molecule has 1 heterocycles. The second kappa shape index (κ2) is 4.14. The van der Waals surface area contributed by atoms with E-state index in [2.05, 4.69) is 23.5 Å². The van der Waals surface area contributed by atoms with Gasteiger partial charge in [-0.1, -0.05) is 0 Å². The first-order valence-corrected chi connectivity index (χ1v) is 4.27. The van der Waals surface area contributed by atoms with Crippen molar-refractivity contribution in [3.8, 4) is 0 Å². The molecule has 12 heavy (non-hydrogen) atoms. The molecule has 0 aromatic heterocycles. The number of nitrogens with zero attached hydrogens (tertiary/aromatic N) is 1. The zero-order valence-electron chi connectivity index (χ0n) is 7.46. The third-order valence-corrected chi connectivity index (χ3v) is 2.20. The first-order chi connectivity index (χ1) is 5.59. The fraction of sp³-hybridized carbons (Fsp3) is 1.00. The zero-order chi connectivity index (χ0) is 9.14. The van der Waals surface area contributed by atoms with E-state index in [1.165, 1.54) is 0 Å². The molecule has 1 rings (SSSR count). The van der Waals surface area contributed by atoms with Gasteiger partial charge in [0.1, 0.15) is 0 Å². The van der Waals surface area contributed by atoms with Crippen LogP contribution in [0.3, 0.4) is 0 Å². The van der Waals surface area contributed by atoms with Crippen molar-refractivity contribution < 1.29 is 13.5 Å². The van der Waals surface area contributed by atoms with Crippen LogP contribution in [0.2, 0.25) is 0 Å². The van der Waals surface area contributed by atoms with Crippen LogP contribution in [0.5, 0.6) is 0 Å². The third-order valence-electron chi connectivity index (χ3n) is 2.20. The van der Waals surface area contributed by atoms with E-state index in [4.69, 9.17) is 0 Å². The maximum atomic E-state index is 11.8. The maximum absolute atomic E-state index is 11.8. The van der Waals surface area contributed by atoms with Gasteiger partial charge in [0.25, 0.3) is 0 Å². The Hall–Kier alpha value is -0.220. The Balaban J connectivity index is 2.26. The Morgan fingerprint density at radius 2 is 2.08 bits per heavy atom. The lowest BCUT2D eigenvalue weighted by Crippen LogP contribution is -2.30. The van der Waals surface area contributed by atoms with Crippen molar-refractivity contribution >= 4 is 0 Å². The fourth-order valence-corrected chi connectivity index (χ4v) is 1.48. The largest absolute Gasteiger partial charge is 0.345 e. The van der Waals surface area contributed by atoms with E-state index >= 15 is 0 Å². The molecule has 1 saturated heterocycles. The molecule has 0 aromatic carbocycles. The molecule has 0 N–H and O–H groups in total. The van der Waals surface area contributed by atoms with Gasteiger partial charge < -0.3 is 4.74 Å². The smallest absolute Gasteiger partial charge is 0.318 e. The van der Waals surface area contributed by atoms with Gasteiger partial charge in [0.2, 0.25) is 0 Å². The number of alkyl halides is 2. The topological polar surface area (TPSA) is 12.5 Å². The molecule has 0 aromatic rings. The Bertz CT molecular complexity index is 141. The van der Waals surface area contributed by atoms with Crippen molar-refractivity contribution in [2.24, 2.45) is 0 Å². The molecule has 0 saturated carbocycles. The molecular formula is C8H15F2NO. The molecule has 0 unspecified atom stereocenters. The normalized spacial score (nSPS) is 26.0. The summed E-state index contributed by atoms with van der Waals surface area (Å²) in [5, 5.41) is 0. The fourth-order valence-electron chi connectivity index (χ4n) is 1.48. The Labute approximate surface area is 71.5 Å². The third kappa shape index (κ3) is 2.68. The standard InChI is InChI=1S/C8H15F2NO/c1-6(2)11-4-3-7(5-11)12-8(9)10/h6-8H,3-5H2,1-2H3/t7-/m0/s1. The van der Waals surface area contributed by atoms with Crippen LogP contribution < -0.4 is 0 Å². The van der Waals surface area contributed by atoms with E-state index in [9.17, 15) is 8.78 Å². The molecule has 0 spiro atoms. The van der Waals surface area contributed by atoms with Gasteiger partial charge in [-0.05, 0) is 20.3 Å². The Kier molecular flexibility index (Phi) is 3.40. The number of hydrogen-bond donors (Lipinski definition) is 0. The summed E-state index contributed by atoms with van der Waals surface area (Å²) in [5.74, 6) is 0. The van der Waals surface area contributed by atoms with Crippen molar-refractivity contribution in [1.82, 2.24) is 4.90 Å². The van der Waals surface area contributed by atoms with E-state index in [-0.39, 0.29) is 6.10 Å². The average Bonchev–Trinajstić information content (AvgIpc) is 2.34. The van der Waals surface area contributed by atoms with Crippen LogP contribution in [0.25, 0.3) is 0 Å². The summed E-state index contributed by atoms with van der Waals surface area (Å²) >= 11 is 0. The van der Waals surface area contributed by atoms with Gasteiger partial charge in [0, 0.05) is 19.1 Å². The van der Waals surface area contributed by atoms with Crippen LogP contribution >= 0.6 is 0 Å². The van der Waals surface area contributed by atoms with E-state index < -0.39 is 6.61 Å². The van der Waals surface area contributed by atoms with Gasteiger partial charge in [-0.2, -0.15) is 8.78 Å². The van der Waals surface area contributed by atoms with Gasteiger partial charge in [-0.15, -0.1) is 0 Å². The highest BCUT2D eigenvalue weighted by Crippen LogP contribution is 2.17. The summed E-state index contributed by atoms with van der Waals surface area (Å²) in [6.07, 6.45) is 0.454. The lowest BCUT2D eigenvalue weighted by Gasteiger charge is -2.19. The average molecular weight is 179 g/mol. The molecule has 0 bridgehead atoms. The first-order valence-electron chi connectivity index (χ1n) is 4.27. The maximum Gasteiger partial charge on any atom is 0.345 e. The number of hydrogen-bond acceptors (Lipinski definition) is 2. The van der Waals surface area contributed by atoms with Gasteiger partial charge in [-0.25, -0.2) is 0 Å². The SMILES string of the molecule is CC(C)N1CC[C@H](OC(F)F)C1. The molecule has 1 aliphatic rings. The van der Waals surface area contributed by atoms with Crippen molar-refractivity contribution in [3.63, 3.8) is 0 Å². The minimum Gasteiger partial charge on any atom is -0.318 e. The summed E-state index contributed by atoms with van der Waals surface area (Å²) in [4.78, 5) is 2.15. The zero-order valence-corrected chi connectivity index (χ0v) is 7.46. The number of rotatable bonds is 3. The summed E-state index contributed by atoms with van der Waals surface area (Å²) in [6, 6.07) is 0.427. The number of ether oxygens (including phenoxy) is 1. The van der Waals surface area contributed by atoms with Crippen LogP contribution in [-0.2, 0) is 4.74 Å². The van der Waals surface area contributed by atoms with E-state index in [0.717, 1.165) is 13.0 Å². The molecule has 1 aliphatic heterocycles. The molecule has 1 fully saturated rings. The highest BCUT2D eigenvalue weighted by Gasteiger charge is 2.26. The van der Waals surface area contributed by atoms with E-state index in [1.807, 2.05) is 0 Å². The molecule has 0 amide bonds. The lowest BCUT2D eigenvalue weighted by molar-refractivity contribution is -0.158. The van der Waals surface area contributed by atoms with Crippen molar-refractivity contribution in [3.05, 3.63) is 0 Å². The van der Waals surface area contributed by atoms with Gasteiger partial charge in [0.15, 0.2) is 0 Å². The van der Waals surface area contributed by atoms with Crippen LogP contribution in [0, 0.1) is 0 Å². The summed E-state index contributed by atoms with van der Waals surface area (Å²) in [6.45, 7) is 3.01. The number of likely N-dealkylation sites (tertiary alicyclic amines) is 1. The molecule has 0 radical (unpaired) electrons. The van der Waals surface area contributed by atoms with E-state index in [0.29, 0.717) is 12.6 Å². The highest BCUT2D eigenvalue weighted by molar-refractivity contribution is 4.77. The Morgan fingerprint density at radius 1 is 1.42 bits per heavy atom. The molecule has 1 atom stereocenters. The van der Waals surface area contributed by atoms with Crippen LogP contribution in [0.4, 0.5) is 8.78 Å². The summed E-state index contributed by atoms with van der Waals surface area (Å²) in [5.41, 5.74) is 0. The van der Waals surface area contributed by atoms with Crippen molar-refractivity contribution in [2.45, 2.75) is 39.0 Å². The number of halogens is 2. The van der Waals surface area contributed by atoms with Gasteiger partial charge in [-0.3, -0.25) is 4.90 Å². The predicted molar refractivity (Wildman–Crippen MR) is 42.2 cm³/mol. The Morgan fingerprint density at radius 3 is 2.50 bits per heavy atom. The quantitative estimate of drug-likeness (QED) is 0.654. The van der Waals surface area contributed by atoms with Crippen molar-refractivity contribution in [1.29, 1.82) is 0 Å². The molecule has 4 heteroatoms. The monoisotopic (exact) mass is 179 g/mol. The molecule has 72 valence electrons. The molecule has 2 nitrogen and oxygen atoms in total. The minimum atomic E-state index is -2.62. The summed E-state index contributed by atoms with van der Waals surface area (Å²) < 4.78 is 28.0. The second-order valence-electron chi connectivity index (χ2n) is 3.40.